The fraction of sp³-hybridized carbons (Fsp3) is 0.0370. The van der Waals surface area contributed by atoms with E-state index in [1.165, 1.54) is 4.46 Å². The predicted molar refractivity (Wildman–Crippen MR) is 131 cm³/mol. The first kappa shape index (κ1) is 19.7. The van der Waals surface area contributed by atoms with E-state index >= 15 is 0 Å². The molecule has 1 aliphatic heterocycles. The molecule has 154 valence electrons. The number of rotatable bonds is 3. The fourth-order valence-corrected chi connectivity index (χ4v) is 8.78. The molecular weight excluding hydrogens is 528 g/mol. The van der Waals surface area contributed by atoms with Crippen LogP contribution in [-0.2, 0) is 0 Å². The average Bonchev–Trinajstić information content (AvgIpc) is 3.37. The molecule has 0 N–H and O–H groups in total. The van der Waals surface area contributed by atoms with Crippen LogP contribution in [0.5, 0.6) is 0 Å². The number of hydrogen-bond donors (Lipinski definition) is 0. The number of aromatic nitrogens is 1. The standard InChI is InChI=1S/C27H17NO2Se2/c29-25-21-5-1-3-7-23(21)31-26(25)19-11-9-17(10-12-19)18-13-15-20(16-14-18)28-27(30)22-6-2-4-8-24(22)32-28/h1-16,26H. The van der Waals surface area contributed by atoms with E-state index in [0.717, 1.165) is 37.6 Å². The maximum absolute atomic E-state index is 12.8. The van der Waals surface area contributed by atoms with E-state index in [2.05, 4.69) is 42.5 Å². The van der Waals surface area contributed by atoms with E-state index < -0.39 is 0 Å². The van der Waals surface area contributed by atoms with Crippen molar-refractivity contribution in [2.75, 3.05) is 0 Å². The molecule has 3 nitrogen and oxygen atoms in total. The molecule has 1 aromatic heterocycles. The van der Waals surface area contributed by atoms with Gasteiger partial charge in [0.2, 0.25) is 0 Å². The van der Waals surface area contributed by atoms with Crippen LogP contribution in [0, 0.1) is 0 Å². The molecule has 1 aliphatic rings. The number of benzene rings is 4. The molecule has 4 aromatic carbocycles. The van der Waals surface area contributed by atoms with Crippen LogP contribution < -0.4 is 10.0 Å². The Morgan fingerprint density at radius 3 is 2.06 bits per heavy atom. The third-order valence-electron chi connectivity index (χ3n) is 5.78. The van der Waals surface area contributed by atoms with Gasteiger partial charge in [-0.3, -0.25) is 0 Å². The van der Waals surface area contributed by atoms with Gasteiger partial charge < -0.3 is 0 Å². The summed E-state index contributed by atoms with van der Waals surface area (Å²) in [5, 5.41) is 0.817. The van der Waals surface area contributed by atoms with Crippen LogP contribution in [0.2, 0.25) is 0 Å². The zero-order valence-electron chi connectivity index (χ0n) is 16.9. The van der Waals surface area contributed by atoms with Gasteiger partial charge in [0.1, 0.15) is 0 Å². The van der Waals surface area contributed by atoms with Crippen molar-refractivity contribution in [3.8, 4) is 16.8 Å². The molecule has 2 heterocycles. The van der Waals surface area contributed by atoms with E-state index in [4.69, 9.17) is 0 Å². The molecule has 0 spiro atoms. The Labute approximate surface area is 197 Å². The summed E-state index contributed by atoms with van der Waals surface area (Å²) >= 11 is 0.114. The third kappa shape index (κ3) is 3.26. The van der Waals surface area contributed by atoms with Gasteiger partial charge in [0, 0.05) is 0 Å². The van der Waals surface area contributed by atoms with Gasteiger partial charge in [0.15, 0.2) is 0 Å². The van der Waals surface area contributed by atoms with Gasteiger partial charge in [0.25, 0.3) is 0 Å². The number of nitrogens with zero attached hydrogens (tertiary/aromatic N) is 1. The first-order chi connectivity index (χ1) is 15.7. The minimum absolute atomic E-state index is 0.0238. The SMILES string of the molecule is O=C1c2ccccc2[Se]C1c1ccc(-c2ccc(-n3[se]c4ccccc4c3=O)cc2)cc1. The molecule has 0 bridgehead atoms. The summed E-state index contributed by atoms with van der Waals surface area (Å²) in [4.78, 5) is 25.5. The molecule has 0 fully saturated rings. The molecule has 6 rings (SSSR count). The van der Waals surface area contributed by atoms with Crippen LogP contribution in [0.4, 0.5) is 0 Å². The Morgan fingerprint density at radius 2 is 1.34 bits per heavy atom. The molecule has 0 aliphatic carbocycles. The number of Topliss-reactive ketones (excluding diaryl/α,β-unsaturated/α-hetero) is 1. The monoisotopic (exact) mass is 547 g/mol. The molecule has 1 unspecified atom stereocenters. The molecule has 0 radical (unpaired) electrons. The van der Waals surface area contributed by atoms with Crippen LogP contribution in [0.15, 0.2) is 102 Å². The van der Waals surface area contributed by atoms with Gasteiger partial charge in [-0.25, -0.2) is 0 Å². The van der Waals surface area contributed by atoms with Crippen molar-refractivity contribution in [1.82, 2.24) is 3.56 Å². The summed E-state index contributed by atoms with van der Waals surface area (Å²) in [6.45, 7) is 0. The van der Waals surface area contributed by atoms with E-state index in [-0.39, 0.29) is 45.8 Å². The van der Waals surface area contributed by atoms with E-state index in [9.17, 15) is 9.59 Å². The topological polar surface area (TPSA) is 39.1 Å². The normalized spacial score (nSPS) is 15.2. The number of carbonyl (C=O) groups excluding carboxylic acids is 1. The maximum atomic E-state index is 12.8. The van der Waals surface area contributed by atoms with Crippen molar-refractivity contribution in [2.45, 2.75) is 4.82 Å². The Balaban J connectivity index is 1.27. The van der Waals surface area contributed by atoms with Crippen molar-refractivity contribution in [3.63, 3.8) is 0 Å². The van der Waals surface area contributed by atoms with Crippen molar-refractivity contribution in [3.05, 3.63) is 119 Å². The Bertz CT molecular complexity index is 1530. The molecule has 0 amide bonds. The molecule has 32 heavy (non-hydrogen) atoms. The van der Waals surface area contributed by atoms with E-state index in [0.29, 0.717) is 0 Å². The van der Waals surface area contributed by atoms with Crippen molar-refractivity contribution >= 4 is 49.6 Å². The second-order valence-corrected chi connectivity index (χ2v) is 12.2. The van der Waals surface area contributed by atoms with Crippen LogP contribution >= 0.6 is 0 Å². The van der Waals surface area contributed by atoms with Crippen molar-refractivity contribution in [2.24, 2.45) is 0 Å². The van der Waals surface area contributed by atoms with Crippen LogP contribution in [0.25, 0.3) is 26.5 Å². The van der Waals surface area contributed by atoms with Gasteiger partial charge in [0.05, 0.1) is 0 Å². The second-order valence-electron chi connectivity index (χ2n) is 7.71. The van der Waals surface area contributed by atoms with E-state index in [1.54, 1.807) is 0 Å². The molecule has 0 saturated carbocycles. The predicted octanol–water partition coefficient (Wildman–Crippen LogP) is 3.98. The molecular formula is C27H17NO2Se2. The van der Waals surface area contributed by atoms with Gasteiger partial charge in [-0.2, -0.15) is 0 Å². The summed E-state index contributed by atoms with van der Waals surface area (Å²) < 4.78 is 4.22. The van der Waals surface area contributed by atoms with E-state index in [1.807, 2.05) is 58.2 Å². The van der Waals surface area contributed by atoms with Crippen molar-refractivity contribution < 1.29 is 4.79 Å². The Hall–Kier alpha value is -2.94. The van der Waals surface area contributed by atoms with Crippen LogP contribution in [-0.4, -0.2) is 39.0 Å². The van der Waals surface area contributed by atoms with Crippen LogP contribution in [0.1, 0.15) is 20.7 Å². The summed E-state index contributed by atoms with van der Waals surface area (Å²) in [6.07, 6.45) is 0. The number of ketones is 1. The number of fused-ring (bicyclic) bond motifs is 2. The summed E-state index contributed by atoms with van der Waals surface area (Å²) in [6, 6.07) is 32.4. The molecule has 5 aromatic rings. The van der Waals surface area contributed by atoms with Gasteiger partial charge in [-0.1, -0.05) is 0 Å². The van der Waals surface area contributed by atoms with Gasteiger partial charge in [-0.05, 0) is 0 Å². The van der Waals surface area contributed by atoms with Gasteiger partial charge >= 0.3 is 198 Å². The number of hydrogen-bond acceptors (Lipinski definition) is 2. The Kier molecular flexibility index (Phi) is 4.86. The van der Waals surface area contributed by atoms with Crippen molar-refractivity contribution in [1.29, 1.82) is 0 Å². The number of carbonyl (C=O) groups is 1. The third-order valence-corrected chi connectivity index (χ3v) is 10.9. The zero-order valence-corrected chi connectivity index (χ0v) is 20.3. The quantitative estimate of drug-likeness (QED) is 0.322. The summed E-state index contributed by atoms with van der Waals surface area (Å²) in [5.41, 5.74) is 5.21. The summed E-state index contributed by atoms with van der Waals surface area (Å²) in [5.74, 6) is 0.246. The second kappa shape index (κ2) is 7.88. The average molecular weight is 545 g/mol. The minimum atomic E-state index is -0.0265. The molecule has 1 atom stereocenters. The first-order valence-corrected chi connectivity index (χ1v) is 13.8. The van der Waals surface area contributed by atoms with Gasteiger partial charge in [-0.15, -0.1) is 0 Å². The first-order valence-electron chi connectivity index (χ1n) is 10.3. The zero-order chi connectivity index (χ0) is 21.7. The fourth-order valence-electron chi connectivity index (χ4n) is 4.10. The molecule has 0 saturated heterocycles. The summed E-state index contributed by atoms with van der Waals surface area (Å²) in [7, 11) is 0. The Morgan fingerprint density at radius 1 is 0.688 bits per heavy atom. The van der Waals surface area contributed by atoms with Crippen LogP contribution in [0.3, 0.4) is 0 Å². The molecule has 5 heteroatoms.